The Morgan fingerprint density at radius 2 is 1.50 bits per heavy atom. The van der Waals surface area contributed by atoms with Crippen LogP contribution in [0.25, 0.3) is 0 Å². The van der Waals surface area contributed by atoms with Crippen molar-refractivity contribution < 1.29 is 4.79 Å². The lowest BCUT2D eigenvalue weighted by atomic mass is 9.83. The van der Waals surface area contributed by atoms with Crippen LogP contribution in [0.3, 0.4) is 0 Å². The van der Waals surface area contributed by atoms with E-state index in [1.165, 1.54) is 44.9 Å². The minimum Gasteiger partial charge on any atom is -0.339 e. The van der Waals surface area contributed by atoms with E-state index >= 15 is 0 Å². The molecule has 1 aliphatic heterocycles. The fraction of sp³-hybridized carbons (Fsp3) is 0.933. The average Bonchev–Trinajstić information content (AvgIpc) is 3.07. The summed E-state index contributed by atoms with van der Waals surface area (Å²) in [4.78, 5) is 14.5. The van der Waals surface area contributed by atoms with E-state index < -0.39 is 0 Å². The number of rotatable bonds is 2. The van der Waals surface area contributed by atoms with Crippen LogP contribution in [0, 0.1) is 11.8 Å². The zero-order valence-electron chi connectivity index (χ0n) is 11.4. The molecule has 2 aliphatic carbocycles. The summed E-state index contributed by atoms with van der Waals surface area (Å²) >= 11 is 0. The van der Waals surface area contributed by atoms with Gasteiger partial charge < -0.3 is 10.6 Å². The highest BCUT2D eigenvalue weighted by atomic mass is 16.2. The van der Waals surface area contributed by atoms with Crippen molar-refractivity contribution >= 4 is 5.91 Å². The minimum absolute atomic E-state index is 0.0166. The predicted molar refractivity (Wildman–Crippen MR) is 72.0 cm³/mol. The molecule has 3 aliphatic rings. The van der Waals surface area contributed by atoms with Crippen LogP contribution in [-0.4, -0.2) is 29.4 Å². The Labute approximate surface area is 110 Å². The van der Waals surface area contributed by atoms with Crippen molar-refractivity contribution in [3.63, 3.8) is 0 Å². The molecule has 2 N–H and O–H groups in total. The van der Waals surface area contributed by atoms with E-state index in [4.69, 9.17) is 5.73 Å². The van der Waals surface area contributed by atoms with Crippen molar-refractivity contribution in [1.29, 1.82) is 0 Å². The monoisotopic (exact) mass is 250 g/mol. The summed E-state index contributed by atoms with van der Waals surface area (Å²) in [5.41, 5.74) is 6.31. The van der Waals surface area contributed by atoms with Crippen molar-refractivity contribution in [2.45, 2.75) is 63.3 Å². The van der Waals surface area contributed by atoms with E-state index in [0.29, 0.717) is 17.7 Å². The normalized spacial score (nSPS) is 29.3. The van der Waals surface area contributed by atoms with Gasteiger partial charge in [-0.05, 0) is 31.6 Å². The smallest absolute Gasteiger partial charge is 0.225 e. The number of hydrogen-bond donors (Lipinski definition) is 1. The van der Waals surface area contributed by atoms with E-state index in [-0.39, 0.29) is 5.54 Å². The lowest BCUT2D eigenvalue weighted by molar-refractivity contribution is -0.144. The second kappa shape index (κ2) is 4.84. The summed E-state index contributed by atoms with van der Waals surface area (Å²) in [6.07, 6.45) is 11.2. The van der Waals surface area contributed by atoms with Gasteiger partial charge in [0, 0.05) is 19.0 Å². The quantitative estimate of drug-likeness (QED) is 0.817. The topological polar surface area (TPSA) is 46.3 Å². The summed E-state index contributed by atoms with van der Waals surface area (Å²) in [6, 6.07) is 0. The van der Waals surface area contributed by atoms with E-state index in [0.717, 1.165) is 25.9 Å². The van der Waals surface area contributed by atoms with Crippen molar-refractivity contribution in [1.82, 2.24) is 4.90 Å². The van der Waals surface area contributed by atoms with E-state index in [2.05, 4.69) is 0 Å². The highest BCUT2D eigenvalue weighted by Crippen LogP contribution is 2.43. The van der Waals surface area contributed by atoms with Gasteiger partial charge in [0.2, 0.25) is 5.91 Å². The molecule has 3 fully saturated rings. The van der Waals surface area contributed by atoms with Crippen LogP contribution in [-0.2, 0) is 4.79 Å². The van der Waals surface area contributed by atoms with Crippen molar-refractivity contribution in [3.8, 4) is 0 Å². The Morgan fingerprint density at radius 3 is 2.06 bits per heavy atom. The number of carbonyl (C=O) groups excluding carboxylic acids is 1. The number of amides is 1. The Morgan fingerprint density at radius 1 is 0.944 bits per heavy atom. The lowest BCUT2D eigenvalue weighted by Crippen LogP contribution is -2.70. The van der Waals surface area contributed by atoms with Gasteiger partial charge in [0.25, 0.3) is 0 Å². The molecule has 0 spiro atoms. The minimum atomic E-state index is -0.0166. The number of hydrogen-bond acceptors (Lipinski definition) is 2. The molecule has 3 nitrogen and oxygen atoms in total. The van der Waals surface area contributed by atoms with Gasteiger partial charge in [0.15, 0.2) is 0 Å². The third kappa shape index (κ3) is 2.42. The summed E-state index contributed by atoms with van der Waals surface area (Å²) in [5.74, 6) is 1.41. The first-order chi connectivity index (χ1) is 8.69. The molecule has 0 bridgehead atoms. The number of likely N-dealkylation sites (tertiary alicyclic amines) is 1. The first-order valence-electron chi connectivity index (χ1n) is 7.77. The molecule has 0 atom stereocenters. The standard InChI is InChI=1S/C15H26N2O/c16-15(13-8-9-13)10-17(11-15)14(18)12-6-4-2-1-3-5-7-12/h12-13H,1-11,16H2. The maximum absolute atomic E-state index is 12.4. The number of carbonyl (C=O) groups is 1. The molecule has 0 aromatic carbocycles. The van der Waals surface area contributed by atoms with Crippen LogP contribution in [0.4, 0.5) is 0 Å². The van der Waals surface area contributed by atoms with Crippen LogP contribution in [0.5, 0.6) is 0 Å². The molecule has 0 radical (unpaired) electrons. The van der Waals surface area contributed by atoms with Gasteiger partial charge in [-0.2, -0.15) is 0 Å². The van der Waals surface area contributed by atoms with Gasteiger partial charge in [-0.15, -0.1) is 0 Å². The fourth-order valence-electron chi connectivity index (χ4n) is 3.70. The van der Waals surface area contributed by atoms with Gasteiger partial charge in [-0.1, -0.05) is 32.1 Å². The predicted octanol–water partition coefficient (Wildman–Crippen LogP) is 2.30. The molecule has 1 saturated heterocycles. The largest absolute Gasteiger partial charge is 0.339 e. The first-order valence-corrected chi connectivity index (χ1v) is 7.77. The maximum atomic E-state index is 12.4. The zero-order chi connectivity index (χ0) is 12.6. The Hall–Kier alpha value is -0.570. The van der Waals surface area contributed by atoms with Crippen LogP contribution < -0.4 is 5.73 Å². The van der Waals surface area contributed by atoms with Crippen LogP contribution in [0.15, 0.2) is 0 Å². The Kier molecular flexibility index (Phi) is 3.35. The van der Waals surface area contributed by atoms with E-state index in [1.807, 2.05) is 4.90 Å². The average molecular weight is 250 g/mol. The van der Waals surface area contributed by atoms with Crippen molar-refractivity contribution in [3.05, 3.63) is 0 Å². The molecule has 0 aromatic heterocycles. The van der Waals surface area contributed by atoms with Gasteiger partial charge in [-0.3, -0.25) is 4.79 Å². The molecular weight excluding hydrogens is 224 g/mol. The van der Waals surface area contributed by atoms with Crippen molar-refractivity contribution in [2.24, 2.45) is 17.6 Å². The maximum Gasteiger partial charge on any atom is 0.225 e. The Bertz CT molecular complexity index is 310. The first kappa shape index (κ1) is 12.5. The molecule has 18 heavy (non-hydrogen) atoms. The second-order valence-electron chi connectivity index (χ2n) is 6.74. The molecule has 3 rings (SSSR count). The third-order valence-corrected chi connectivity index (χ3v) is 5.13. The Balaban J connectivity index is 1.51. The fourth-order valence-corrected chi connectivity index (χ4v) is 3.70. The molecule has 0 aromatic rings. The van der Waals surface area contributed by atoms with Gasteiger partial charge >= 0.3 is 0 Å². The van der Waals surface area contributed by atoms with Gasteiger partial charge in [-0.25, -0.2) is 0 Å². The molecule has 102 valence electrons. The number of nitrogens with zero attached hydrogens (tertiary/aromatic N) is 1. The third-order valence-electron chi connectivity index (χ3n) is 5.13. The molecule has 3 heteroatoms. The van der Waals surface area contributed by atoms with Gasteiger partial charge in [0.05, 0.1) is 5.54 Å². The molecule has 0 unspecified atom stereocenters. The second-order valence-corrected chi connectivity index (χ2v) is 6.74. The summed E-state index contributed by atoms with van der Waals surface area (Å²) in [5, 5.41) is 0. The number of nitrogens with two attached hydrogens (primary N) is 1. The zero-order valence-corrected chi connectivity index (χ0v) is 11.4. The SMILES string of the molecule is NC1(C2CC2)CN(C(=O)C2CCCCCCC2)C1. The lowest BCUT2D eigenvalue weighted by Gasteiger charge is -2.49. The molecule has 1 heterocycles. The summed E-state index contributed by atoms with van der Waals surface area (Å²) in [6.45, 7) is 1.65. The summed E-state index contributed by atoms with van der Waals surface area (Å²) < 4.78 is 0. The van der Waals surface area contributed by atoms with Crippen LogP contribution in [0.1, 0.15) is 57.8 Å². The molecule has 2 saturated carbocycles. The highest BCUT2D eigenvalue weighted by molar-refractivity contribution is 5.80. The molecule has 1 amide bonds. The highest BCUT2D eigenvalue weighted by Gasteiger charge is 2.52. The van der Waals surface area contributed by atoms with Crippen LogP contribution in [0.2, 0.25) is 0 Å². The van der Waals surface area contributed by atoms with E-state index in [1.54, 1.807) is 0 Å². The van der Waals surface area contributed by atoms with Crippen LogP contribution >= 0.6 is 0 Å². The summed E-state index contributed by atoms with van der Waals surface area (Å²) in [7, 11) is 0. The van der Waals surface area contributed by atoms with Gasteiger partial charge in [0.1, 0.15) is 0 Å². The molecular formula is C15H26N2O. The van der Waals surface area contributed by atoms with Crippen molar-refractivity contribution in [2.75, 3.05) is 13.1 Å². The van der Waals surface area contributed by atoms with E-state index in [9.17, 15) is 4.79 Å².